The number of methoxy groups -OCH3 is 2. The summed E-state index contributed by atoms with van der Waals surface area (Å²) >= 11 is 6.15. The van der Waals surface area contributed by atoms with Gasteiger partial charge >= 0.3 is 0 Å². The van der Waals surface area contributed by atoms with Gasteiger partial charge in [-0.25, -0.2) is 0 Å². The molecule has 2 unspecified atom stereocenters. The van der Waals surface area contributed by atoms with E-state index in [0.717, 1.165) is 91.9 Å². The van der Waals surface area contributed by atoms with Crippen LogP contribution in [0, 0.1) is 23.7 Å². The zero-order valence-corrected chi connectivity index (χ0v) is 45.1. The summed E-state index contributed by atoms with van der Waals surface area (Å²) in [6, 6.07) is 11.7. The largest absolute Gasteiger partial charge is 0.496 e. The Morgan fingerprint density at radius 3 is 1.54 bits per heavy atom. The van der Waals surface area contributed by atoms with Gasteiger partial charge < -0.3 is 38.0 Å². The molecule has 0 aliphatic carbocycles. The summed E-state index contributed by atoms with van der Waals surface area (Å²) in [5.74, 6) is 14.4. The number of rotatable bonds is 18. The highest BCUT2D eigenvalue weighted by Gasteiger charge is 2.40. The molecule has 2 saturated heterocycles. The monoisotopic (exact) mass is 985 g/mol. The van der Waals surface area contributed by atoms with Gasteiger partial charge in [-0.2, -0.15) is 11.1 Å². The number of halogens is 1. The highest BCUT2D eigenvalue weighted by molar-refractivity contribution is 7.20. The maximum Gasteiger partial charge on any atom is 0.194 e. The van der Waals surface area contributed by atoms with Crippen molar-refractivity contribution in [1.29, 1.82) is 0 Å². The third-order valence-electron chi connectivity index (χ3n) is 12.3. The minimum Gasteiger partial charge on any atom is -0.496 e. The maximum atomic E-state index is 10.4. The zero-order valence-electron chi connectivity index (χ0n) is 42.3. The molecule has 0 bridgehead atoms. The third-order valence-corrected chi connectivity index (χ3v) is 22.0. The van der Waals surface area contributed by atoms with Crippen molar-refractivity contribution >= 4 is 26.8 Å². The molecule has 11 heteroatoms. The summed E-state index contributed by atoms with van der Waals surface area (Å²) in [5, 5.41) is 10.8. The van der Waals surface area contributed by atoms with Crippen LogP contribution in [0.25, 0.3) is 0 Å². The summed E-state index contributed by atoms with van der Waals surface area (Å²) in [6.07, 6.45) is 13.6. The van der Waals surface area contributed by atoms with Crippen molar-refractivity contribution in [2.75, 3.05) is 40.6 Å². The van der Waals surface area contributed by atoms with Gasteiger partial charge in [-0.3, -0.25) is 0 Å². The summed E-state index contributed by atoms with van der Waals surface area (Å²) in [5.41, 5.74) is 3.88. The fourth-order valence-electron chi connectivity index (χ4n) is 6.26. The average Bonchev–Trinajstić information content (AvgIpc) is 3.26. The molecule has 67 heavy (non-hydrogen) atoms. The van der Waals surface area contributed by atoms with E-state index in [2.05, 4.69) is 111 Å². The van der Waals surface area contributed by atoms with Crippen LogP contribution < -0.4 is 9.47 Å². The van der Waals surface area contributed by atoms with Crippen LogP contribution in [0.5, 0.6) is 11.5 Å². The molecule has 4 rings (SSSR count). The number of hydrogen-bond donors (Lipinski definition) is 1. The van der Waals surface area contributed by atoms with Crippen LogP contribution in [-0.2, 0) is 36.2 Å². The summed E-state index contributed by atoms with van der Waals surface area (Å²) in [6.45, 7) is 32.9. The van der Waals surface area contributed by atoms with Crippen molar-refractivity contribution in [2.24, 2.45) is 0 Å². The Morgan fingerprint density at radius 2 is 1.15 bits per heavy atom. The van der Waals surface area contributed by atoms with Gasteiger partial charge in [0.15, 0.2) is 28.3 Å². The van der Waals surface area contributed by atoms with E-state index in [1.54, 1.807) is 20.3 Å². The fraction of sp³-hybridized carbons (Fsp3) is 0.643. The van der Waals surface area contributed by atoms with Crippen molar-refractivity contribution < 1.29 is 38.0 Å². The molecule has 0 amide bonds. The highest BCUT2D eigenvalue weighted by Crippen LogP contribution is 2.41. The molecule has 1 N–H and O–H groups in total. The van der Waals surface area contributed by atoms with Crippen molar-refractivity contribution in [3.63, 3.8) is 0 Å². The van der Waals surface area contributed by atoms with Crippen LogP contribution >= 0.6 is 11.1 Å². The predicted octanol–water partition coefficient (Wildman–Crippen LogP) is 15.1. The van der Waals surface area contributed by atoms with Crippen LogP contribution in [0.3, 0.4) is 0 Å². The summed E-state index contributed by atoms with van der Waals surface area (Å²) in [7, 11) is -0.0889. The van der Waals surface area contributed by atoms with Gasteiger partial charge in [0, 0.05) is 37.2 Å². The van der Waals surface area contributed by atoms with E-state index in [4.69, 9.17) is 43.9 Å². The molecule has 2 aromatic carbocycles. The van der Waals surface area contributed by atoms with E-state index in [0.29, 0.717) is 37.5 Å². The number of aliphatic hydroxyl groups is 1. The number of ether oxygens (including phenoxy) is 6. The Hall–Kier alpha value is -2.88. The van der Waals surface area contributed by atoms with Crippen LogP contribution in [0.4, 0.5) is 0 Å². The minimum absolute atomic E-state index is 0. The molecular weight excluding hydrogens is 892 g/mol. The Morgan fingerprint density at radius 1 is 0.716 bits per heavy atom. The summed E-state index contributed by atoms with van der Waals surface area (Å²) in [4.78, 5) is 0. The SMILES string of the molecule is C.C.C=CCc1c(OC)cccc1[C@@H](O)C#CCCCOC1CCCCO1.C=CCc1c(OC)cccc1[C@H](C#CCCCOC1CCCCO1)O[Si](C)(C)C(C)(C)C.CC(C)(C)[Si](C)(C)Cl. The van der Waals surface area contributed by atoms with Gasteiger partial charge in [-0.1, -0.05) is 118 Å². The number of allylic oxidation sites excluding steroid dienone is 2. The van der Waals surface area contributed by atoms with E-state index in [1.807, 2.05) is 36.4 Å². The molecule has 8 nitrogen and oxygen atoms in total. The smallest absolute Gasteiger partial charge is 0.194 e. The van der Waals surface area contributed by atoms with Crippen molar-refractivity contribution in [3.05, 3.63) is 84.0 Å². The van der Waals surface area contributed by atoms with Gasteiger partial charge in [0.25, 0.3) is 0 Å². The summed E-state index contributed by atoms with van der Waals surface area (Å²) < 4.78 is 40.5. The number of benzene rings is 2. The van der Waals surface area contributed by atoms with E-state index < -0.39 is 21.8 Å². The molecule has 380 valence electrons. The van der Waals surface area contributed by atoms with Crippen LogP contribution in [-0.4, -0.2) is 74.0 Å². The first-order valence-corrected chi connectivity index (χ1v) is 30.6. The second-order valence-corrected chi connectivity index (χ2v) is 31.6. The average molecular weight is 986 g/mol. The molecule has 2 aromatic rings. The number of hydrogen-bond acceptors (Lipinski definition) is 8. The van der Waals surface area contributed by atoms with Crippen molar-refractivity contribution in [1.82, 2.24) is 0 Å². The zero-order chi connectivity index (χ0) is 48.5. The van der Waals surface area contributed by atoms with Crippen LogP contribution in [0.2, 0.25) is 36.3 Å². The topological polar surface area (TPSA) is 84.8 Å². The molecule has 2 aliphatic rings. The van der Waals surface area contributed by atoms with Gasteiger partial charge in [0.05, 0.1) is 27.4 Å². The Bertz CT molecular complexity index is 1800. The molecule has 4 atom stereocenters. The van der Waals surface area contributed by atoms with Gasteiger partial charge in [-0.15, -0.1) is 25.0 Å². The first kappa shape index (κ1) is 64.1. The third kappa shape index (κ3) is 23.5. The number of unbranched alkanes of at least 4 members (excludes halogenated alkanes) is 2. The van der Waals surface area contributed by atoms with Crippen molar-refractivity contribution in [2.45, 2.75) is 194 Å². The normalized spacial score (nSPS) is 17.0. The predicted molar refractivity (Wildman–Crippen MR) is 289 cm³/mol. The van der Waals surface area contributed by atoms with Gasteiger partial charge in [0.2, 0.25) is 0 Å². The Labute approximate surface area is 417 Å². The van der Waals surface area contributed by atoms with Gasteiger partial charge in [-0.05, 0) is 111 Å². The molecule has 0 aromatic heterocycles. The van der Waals surface area contributed by atoms with E-state index in [-0.39, 0.29) is 38.6 Å². The van der Waals surface area contributed by atoms with Crippen molar-refractivity contribution in [3.8, 4) is 35.2 Å². The molecule has 2 aliphatic heterocycles. The van der Waals surface area contributed by atoms with E-state index in [1.165, 1.54) is 12.8 Å². The lowest BCUT2D eigenvalue weighted by molar-refractivity contribution is -0.162. The molecule has 0 saturated carbocycles. The lowest BCUT2D eigenvalue weighted by Crippen LogP contribution is -2.41. The quantitative estimate of drug-likeness (QED) is 0.0520. The van der Waals surface area contributed by atoms with Crippen LogP contribution in [0.15, 0.2) is 61.7 Å². The molecule has 2 fully saturated rings. The van der Waals surface area contributed by atoms with Crippen LogP contribution in [0.1, 0.15) is 155 Å². The number of aliphatic hydroxyl groups excluding tert-OH is 1. The molecular formula is C56H93ClO8Si2. The van der Waals surface area contributed by atoms with E-state index >= 15 is 0 Å². The Kier molecular flexibility index (Phi) is 31.4. The standard InChI is InChI=1S/C27H42O4Si.C21H28O4.C6H15ClSi.2CH4/c1-8-15-22-23(16-14-18-24(22)28-5)25(31-32(6,7)27(2,3)4)17-10-9-12-20-29-26-19-11-13-21-30-26;1-3-10-18-17(11-9-13-20(18)23-2)19(22)12-5-4-7-15-24-21-14-6-8-16-25-21;1-6(2,3)8(4,5)7;;/h8,14,16,18,25-26H,1,9,11-13,15,19-21H2,2-7H3;3,9,11,13,19,21-22H,1,4,6-8,10,14-16H2,2H3;1-5H3;2*1H4/t25-,26?;19-,21?;;;/m00.../s1. The first-order valence-electron chi connectivity index (χ1n) is 23.7. The minimum atomic E-state index is -2.03. The maximum absolute atomic E-state index is 10.4. The Balaban J connectivity index is 0.00000111. The lowest BCUT2D eigenvalue weighted by Gasteiger charge is -2.38. The molecule has 0 spiro atoms. The highest BCUT2D eigenvalue weighted by atomic mass is 35.6. The lowest BCUT2D eigenvalue weighted by atomic mass is 9.99. The second kappa shape index (κ2) is 32.8. The van der Waals surface area contributed by atoms with E-state index in [9.17, 15) is 5.11 Å². The molecule has 2 heterocycles. The first-order chi connectivity index (χ1) is 30.7. The fourth-order valence-corrected chi connectivity index (χ4v) is 7.39. The second-order valence-electron chi connectivity index (χ2n) is 19.6. The van der Waals surface area contributed by atoms with Gasteiger partial charge in [0.1, 0.15) is 23.7 Å². The molecule has 0 radical (unpaired) electrons.